The Morgan fingerprint density at radius 3 is 2.24 bits per heavy atom. The van der Waals surface area contributed by atoms with Crippen molar-refractivity contribution < 1.29 is 0 Å². The first kappa shape index (κ1) is 15.0. The first-order valence-corrected chi connectivity index (χ1v) is 7.70. The number of hydrogen-bond donors (Lipinski definition) is 1. The van der Waals surface area contributed by atoms with Gasteiger partial charge in [0.2, 0.25) is 0 Å². The zero-order valence-corrected chi connectivity index (χ0v) is 12.2. The quantitative estimate of drug-likeness (QED) is 0.739. The van der Waals surface area contributed by atoms with Gasteiger partial charge in [0.15, 0.2) is 0 Å². The lowest BCUT2D eigenvalue weighted by Crippen LogP contribution is -2.60. The second kappa shape index (κ2) is 7.38. The lowest BCUT2D eigenvalue weighted by atomic mass is 9.70. The highest BCUT2D eigenvalue weighted by Crippen LogP contribution is 2.40. The highest BCUT2D eigenvalue weighted by Gasteiger charge is 2.42. The molecule has 0 heterocycles. The molecule has 0 radical (unpaired) electrons. The van der Waals surface area contributed by atoms with E-state index < -0.39 is 0 Å². The molecule has 0 saturated heterocycles. The molecule has 2 nitrogen and oxygen atoms in total. The molecule has 1 fully saturated rings. The van der Waals surface area contributed by atoms with Gasteiger partial charge < -0.3 is 5.73 Å². The normalized spacial score (nSPS) is 29.8. The van der Waals surface area contributed by atoms with Crippen molar-refractivity contribution in [2.45, 2.75) is 71.3 Å². The number of nitrogens with zero attached hydrogens (tertiary/aromatic N) is 1. The molecule has 0 aromatic rings. The Morgan fingerprint density at radius 2 is 1.76 bits per heavy atom. The van der Waals surface area contributed by atoms with E-state index in [0.717, 1.165) is 12.5 Å². The molecule has 2 heteroatoms. The van der Waals surface area contributed by atoms with Crippen LogP contribution in [-0.4, -0.2) is 30.1 Å². The topological polar surface area (TPSA) is 29.3 Å². The molecule has 0 spiro atoms. The van der Waals surface area contributed by atoms with Gasteiger partial charge in [-0.15, -0.1) is 0 Å². The monoisotopic (exact) mass is 240 g/mol. The molecule has 0 bridgehead atoms. The largest absolute Gasteiger partial charge is 0.329 e. The molecule has 0 amide bonds. The van der Waals surface area contributed by atoms with Crippen molar-refractivity contribution in [1.82, 2.24) is 4.90 Å². The predicted molar refractivity (Wildman–Crippen MR) is 76.2 cm³/mol. The Morgan fingerprint density at radius 1 is 1.12 bits per heavy atom. The molecule has 2 unspecified atom stereocenters. The van der Waals surface area contributed by atoms with Gasteiger partial charge in [-0.2, -0.15) is 0 Å². The van der Waals surface area contributed by atoms with E-state index in [1.807, 2.05) is 0 Å². The highest BCUT2D eigenvalue weighted by molar-refractivity contribution is 4.99. The number of rotatable bonds is 7. The van der Waals surface area contributed by atoms with Crippen molar-refractivity contribution in [2.24, 2.45) is 11.7 Å². The average molecular weight is 240 g/mol. The number of hydrogen-bond acceptors (Lipinski definition) is 2. The minimum atomic E-state index is 0.318. The molecule has 1 saturated carbocycles. The molecule has 17 heavy (non-hydrogen) atoms. The van der Waals surface area contributed by atoms with Gasteiger partial charge in [0, 0.05) is 12.1 Å². The molecule has 1 aliphatic rings. The van der Waals surface area contributed by atoms with Crippen LogP contribution in [0.5, 0.6) is 0 Å². The van der Waals surface area contributed by atoms with Crippen LogP contribution in [0.4, 0.5) is 0 Å². The van der Waals surface area contributed by atoms with Crippen LogP contribution in [0.15, 0.2) is 0 Å². The summed E-state index contributed by atoms with van der Waals surface area (Å²) in [5, 5.41) is 0. The summed E-state index contributed by atoms with van der Waals surface area (Å²) in [6.07, 6.45) is 9.28. The summed E-state index contributed by atoms with van der Waals surface area (Å²) in [6, 6.07) is 0. The van der Waals surface area contributed by atoms with Crippen LogP contribution in [0.3, 0.4) is 0 Å². The van der Waals surface area contributed by atoms with E-state index in [9.17, 15) is 0 Å². The minimum absolute atomic E-state index is 0.318. The second-order valence-corrected chi connectivity index (χ2v) is 5.65. The van der Waals surface area contributed by atoms with Crippen molar-refractivity contribution >= 4 is 0 Å². The van der Waals surface area contributed by atoms with Gasteiger partial charge in [-0.3, -0.25) is 4.90 Å². The third kappa shape index (κ3) is 3.23. The zero-order valence-electron chi connectivity index (χ0n) is 12.2. The van der Waals surface area contributed by atoms with E-state index in [0.29, 0.717) is 5.54 Å². The molecule has 1 aliphatic carbocycles. The van der Waals surface area contributed by atoms with Gasteiger partial charge in [-0.05, 0) is 44.7 Å². The van der Waals surface area contributed by atoms with Crippen molar-refractivity contribution in [3.8, 4) is 0 Å². The van der Waals surface area contributed by atoms with E-state index in [1.54, 1.807) is 0 Å². The summed E-state index contributed by atoms with van der Waals surface area (Å²) >= 11 is 0. The van der Waals surface area contributed by atoms with Gasteiger partial charge >= 0.3 is 0 Å². The van der Waals surface area contributed by atoms with Gasteiger partial charge in [-0.25, -0.2) is 0 Å². The van der Waals surface area contributed by atoms with Crippen molar-refractivity contribution in [2.75, 3.05) is 19.6 Å². The van der Waals surface area contributed by atoms with Crippen molar-refractivity contribution in [3.63, 3.8) is 0 Å². The van der Waals surface area contributed by atoms with Gasteiger partial charge in [0.1, 0.15) is 0 Å². The fourth-order valence-electron chi connectivity index (χ4n) is 3.79. The molecule has 0 aromatic carbocycles. The number of nitrogens with two attached hydrogens (primary N) is 1. The summed E-state index contributed by atoms with van der Waals surface area (Å²) in [7, 11) is 0. The van der Waals surface area contributed by atoms with Gasteiger partial charge in [0.05, 0.1) is 0 Å². The molecule has 102 valence electrons. The minimum Gasteiger partial charge on any atom is -0.329 e. The van der Waals surface area contributed by atoms with Crippen LogP contribution in [-0.2, 0) is 0 Å². The smallest absolute Gasteiger partial charge is 0.0359 e. The third-order valence-corrected chi connectivity index (χ3v) is 4.64. The Balaban J connectivity index is 2.86. The van der Waals surface area contributed by atoms with E-state index in [1.165, 1.54) is 58.0 Å². The summed E-state index contributed by atoms with van der Waals surface area (Å²) in [6.45, 7) is 10.2. The third-order valence-electron chi connectivity index (χ3n) is 4.64. The van der Waals surface area contributed by atoms with Gasteiger partial charge in [-0.1, -0.05) is 40.0 Å². The fraction of sp³-hybridized carbons (Fsp3) is 1.00. The summed E-state index contributed by atoms with van der Waals surface area (Å²) in [5.41, 5.74) is 6.54. The van der Waals surface area contributed by atoms with Crippen molar-refractivity contribution in [1.29, 1.82) is 0 Å². The lowest BCUT2D eigenvalue weighted by Gasteiger charge is -2.51. The van der Waals surface area contributed by atoms with Gasteiger partial charge in [0.25, 0.3) is 0 Å². The lowest BCUT2D eigenvalue weighted by molar-refractivity contribution is 0.00378. The summed E-state index contributed by atoms with van der Waals surface area (Å²) in [5.74, 6) is 0.819. The Labute approximate surface area is 108 Å². The molecular formula is C15H32N2. The Bertz CT molecular complexity index is 199. The first-order chi connectivity index (χ1) is 8.25. The molecule has 1 rings (SSSR count). The molecule has 2 atom stereocenters. The fourth-order valence-corrected chi connectivity index (χ4v) is 3.79. The van der Waals surface area contributed by atoms with Crippen LogP contribution >= 0.6 is 0 Å². The predicted octanol–water partition coefficient (Wildman–Crippen LogP) is 3.41. The van der Waals surface area contributed by atoms with E-state index in [-0.39, 0.29) is 0 Å². The zero-order chi connectivity index (χ0) is 12.7. The molecular weight excluding hydrogens is 208 g/mol. The average Bonchev–Trinajstić information content (AvgIpc) is 2.38. The van der Waals surface area contributed by atoms with Crippen LogP contribution < -0.4 is 5.73 Å². The van der Waals surface area contributed by atoms with E-state index in [2.05, 4.69) is 25.7 Å². The van der Waals surface area contributed by atoms with Crippen LogP contribution in [0.2, 0.25) is 0 Å². The van der Waals surface area contributed by atoms with Crippen LogP contribution in [0.25, 0.3) is 0 Å². The maximum atomic E-state index is 6.22. The van der Waals surface area contributed by atoms with E-state index >= 15 is 0 Å². The van der Waals surface area contributed by atoms with Crippen molar-refractivity contribution in [3.05, 3.63) is 0 Å². The summed E-state index contributed by atoms with van der Waals surface area (Å²) < 4.78 is 0. The Hall–Kier alpha value is -0.0800. The summed E-state index contributed by atoms with van der Waals surface area (Å²) in [4.78, 5) is 2.72. The maximum absolute atomic E-state index is 6.22. The standard InChI is InChI=1S/C15H32N2/c1-4-11-17(12-5-2)15(13-16)10-8-7-9-14(15)6-3/h14H,4-13,16H2,1-3H3. The Kier molecular flexibility index (Phi) is 6.50. The molecule has 0 aromatic heterocycles. The first-order valence-electron chi connectivity index (χ1n) is 7.70. The maximum Gasteiger partial charge on any atom is 0.0359 e. The van der Waals surface area contributed by atoms with Crippen LogP contribution in [0, 0.1) is 5.92 Å². The second-order valence-electron chi connectivity index (χ2n) is 5.65. The SMILES string of the molecule is CCCN(CCC)C1(CN)CCCCC1CC. The molecule has 2 N–H and O–H groups in total. The van der Waals surface area contributed by atoms with E-state index in [4.69, 9.17) is 5.73 Å². The van der Waals surface area contributed by atoms with Crippen LogP contribution in [0.1, 0.15) is 65.7 Å². The highest BCUT2D eigenvalue weighted by atomic mass is 15.2. The molecule has 0 aliphatic heterocycles.